The number of methoxy groups -OCH3 is 1. The van der Waals surface area contributed by atoms with E-state index in [1.54, 1.807) is 7.11 Å². The number of hydrogen-bond donors (Lipinski definition) is 0. The molecule has 5 heteroatoms. The zero-order valence-electron chi connectivity index (χ0n) is 14.4. The molecule has 0 amide bonds. The van der Waals surface area contributed by atoms with Gasteiger partial charge in [0.1, 0.15) is 11.3 Å². The summed E-state index contributed by atoms with van der Waals surface area (Å²) in [7, 11) is 1.55. The minimum atomic E-state index is -1.24. The highest BCUT2D eigenvalue weighted by atomic mass is 16.7. The van der Waals surface area contributed by atoms with Gasteiger partial charge in [0.05, 0.1) is 7.11 Å². The summed E-state index contributed by atoms with van der Waals surface area (Å²) in [6.07, 6.45) is 1.44. The van der Waals surface area contributed by atoms with Gasteiger partial charge < -0.3 is 14.2 Å². The van der Waals surface area contributed by atoms with Crippen LogP contribution in [0.3, 0.4) is 0 Å². The van der Waals surface area contributed by atoms with E-state index in [4.69, 9.17) is 14.2 Å². The zero-order valence-corrected chi connectivity index (χ0v) is 14.4. The molecule has 0 N–H and O–H groups in total. The maximum absolute atomic E-state index is 12.0. The lowest BCUT2D eigenvalue weighted by Crippen LogP contribution is -2.41. The first-order valence-corrected chi connectivity index (χ1v) is 7.40. The largest absolute Gasteiger partial charge is 0.496 e. The third-order valence-corrected chi connectivity index (χ3v) is 3.52. The fourth-order valence-corrected chi connectivity index (χ4v) is 2.23. The lowest BCUT2D eigenvalue weighted by Gasteiger charge is -2.29. The fourth-order valence-electron chi connectivity index (χ4n) is 2.23. The second kappa shape index (κ2) is 5.72. The Morgan fingerprint density at radius 1 is 1.09 bits per heavy atom. The van der Waals surface area contributed by atoms with Gasteiger partial charge in [-0.1, -0.05) is 32.9 Å². The summed E-state index contributed by atoms with van der Waals surface area (Å²) in [5, 5.41) is 0. The molecule has 0 spiro atoms. The van der Waals surface area contributed by atoms with E-state index in [1.165, 1.54) is 19.9 Å². The number of benzene rings is 1. The first-order valence-electron chi connectivity index (χ1n) is 7.40. The van der Waals surface area contributed by atoms with Crippen molar-refractivity contribution in [1.82, 2.24) is 0 Å². The summed E-state index contributed by atoms with van der Waals surface area (Å²) in [5.74, 6) is -2.07. The Bertz CT molecular complexity index is 655. The summed E-state index contributed by atoms with van der Waals surface area (Å²) >= 11 is 0. The molecule has 0 unspecified atom stereocenters. The maximum Gasteiger partial charge on any atom is 0.348 e. The van der Waals surface area contributed by atoms with Crippen LogP contribution in [0.25, 0.3) is 6.08 Å². The molecular formula is C18H22O5. The summed E-state index contributed by atoms with van der Waals surface area (Å²) < 4.78 is 15.6. The van der Waals surface area contributed by atoms with Crippen LogP contribution in [0.5, 0.6) is 5.75 Å². The van der Waals surface area contributed by atoms with Gasteiger partial charge >= 0.3 is 11.9 Å². The smallest absolute Gasteiger partial charge is 0.348 e. The van der Waals surface area contributed by atoms with Crippen LogP contribution in [0.1, 0.15) is 45.7 Å². The van der Waals surface area contributed by atoms with Crippen LogP contribution in [-0.2, 0) is 24.5 Å². The quantitative estimate of drug-likeness (QED) is 0.476. The van der Waals surface area contributed by atoms with Gasteiger partial charge in [-0.25, -0.2) is 9.59 Å². The first-order chi connectivity index (χ1) is 10.5. The molecule has 0 atom stereocenters. The first kappa shape index (κ1) is 17.1. The Hall–Kier alpha value is -2.30. The monoisotopic (exact) mass is 318 g/mol. The van der Waals surface area contributed by atoms with E-state index < -0.39 is 17.7 Å². The van der Waals surface area contributed by atoms with Gasteiger partial charge in [-0.2, -0.15) is 0 Å². The Kier molecular flexibility index (Phi) is 4.24. The molecule has 1 aliphatic rings. The Balaban J connectivity index is 2.43. The van der Waals surface area contributed by atoms with Gasteiger partial charge in [0.2, 0.25) is 0 Å². The molecule has 1 fully saturated rings. The van der Waals surface area contributed by atoms with Crippen molar-refractivity contribution in [2.75, 3.05) is 7.11 Å². The SMILES string of the molecule is COc1cc(C(C)(C)C)ccc1C=C1C(=O)OC(C)(C)OC1=O. The molecule has 1 aliphatic heterocycles. The Labute approximate surface area is 136 Å². The molecule has 1 heterocycles. The Morgan fingerprint density at radius 2 is 1.65 bits per heavy atom. The molecule has 0 aromatic heterocycles. The number of hydrogen-bond acceptors (Lipinski definition) is 5. The van der Waals surface area contributed by atoms with Crippen molar-refractivity contribution in [3.05, 3.63) is 34.9 Å². The van der Waals surface area contributed by atoms with Crippen molar-refractivity contribution in [2.24, 2.45) is 0 Å². The molecule has 23 heavy (non-hydrogen) atoms. The molecule has 1 aromatic rings. The van der Waals surface area contributed by atoms with Crippen molar-refractivity contribution in [3.8, 4) is 5.75 Å². The molecule has 5 nitrogen and oxygen atoms in total. The van der Waals surface area contributed by atoms with Crippen molar-refractivity contribution in [1.29, 1.82) is 0 Å². The van der Waals surface area contributed by atoms with Crippen molar-refractivity contribution in [2.45, 2.75) is 45.8 Å². The highest BCUT2D eigenvalue weighted by Crippen LogP contribution is 2.31. The average molecular weight is 318 g/mol. The second-order valence-corrected chi connectivity index (χ2v) is 6.94. The molecule has 0 aliphatic carbocycles. The molecule has 0 radical (unpaired) electrons. The minimum absolute atomic E-state index is 0.0360. The summed E-state index contributed by atoms with van der Waals surface area (Å²) in [6.45, 7) is 9.31. The normalized spacial score (nSPS) is 17.4. The molecule has 1 aromatic carbocycles. The van der Waals surface area contributed by atoms with Gasteiger partial charge in [0.25, 0.3) is 5.79 Å². The molecular weight excluding hydrogens is 296 g/mol. The predicted molar refractivity (Wildman–Crippen MR) is 85.9 cm³/mol. The highest BCUT2D eigenvalue weighted by molar-refractivity contribution is 6.19. The Morgan fingerprint density at radius 3 is 2.13 bits per heavy atom. The van der Waals surface area contributed by atoms with Crippen molar-refractivity contribution in [3.63, 3.8) is 0 Å². The lowest BCUT2D eigenvalue weighted by molar-refractivity contribution is -0.222. The van der Waals surface area contributed by atoms with Gasteiger partial charge in [0, 0.05) is 19.4 Å². The third kappa shape index (κ3) is 3.73. The number of rotatable bonds is 2. The van der Waals surface area contributed by atoms with Crippen LogP contribution in [0.4, 0.5) is 0 Å². The summed E-state index contributed by atoms with van der Waals surface area (Å²) in [6, 6.07) is 5.65. The fraction of sp³-hybridized carbons (Fsp3) is 0.444. The predicted octanol–water partition coefficient (Wildman–Crippen LogP) is 3.21. The summed E-state index contributed by atoms with van der Waals surface area (Å²) in [4.78, 5) is 24.0. The zero-order chi connectivity index (χ0) is 17.4. The van der Waals surface area contributed by atoms with Gasteiger partial charge in [-0.3, -0.25) is 0 Å². The van der Waals surface area contributed by atoms with E-state index in [-0.39, 0.29) is 11.0 Å². The van der Waals surface area contributed by atoms with Crippen LogP contribution in [0, 0.1) is 0 Å². The molecule has 0 bridgehead atoms. The number of cyclic esters (lactones) is 2. The summed E-state index contributed by atoms with van der Waals surface area (Å²) in [5.41, 5.74) is 1.52. The van der Waals surface area contributed by atoms with E-state index in [0.29, 0.717) is 11.3 Å². The topological polar surface area (TPSA) is 61.8 Å². The average Bonchev–Trinajstić information content (AvgIpc) is 2.40. The van der Waals surface area contributed by atoms with Crippen LogP contribution in [0.15, 0.2) is 23.8 Å². The van der Waals surface area contributed by atoms with Crippen molar-refractivity contribution < 1.29 is 23.8 Å². The molecule has 1 saturated heterocycles. The van der Waals surface area contributed by atoms with Crippen molar-refractivity contribution >= 4 is 18.0 Å². The number of esters is 2. The third-order valence-electron chi connectivity index (χ3n) is 3.52. The molecule has 0 saturated carbocycles. The van der Waals surface area contributed by atoms with E-state index in [9.17, 15) is 9.59 Å². The lowest BCUT2D eigenvalue weighted by atomic mass is 9.86. The van der Waals surface area contributed by atoms with Gasteiger partial charge in [0.15, 0.2) is 0 Å². The van der Waals surface area contributed by atoms with E-state index in [0.717, 1.165) is 5.56 Å². The molecule has 124 valence electrons. The highest BCUT2D eigenvalue weighted by Gasteiger charge is 2.39. The van der Waals surface area contributed by atoms with E-state index >= 15 is 0 Å². The van der Waals surface area contributed by atoms with Crippen LogP contribution in [-0.4, -0.2) is 24.8 Å². The standard InChI is InChI=1S/C18H22O5/c1-17(2,3)12-8-7-11(14(10-12)21-6)9-13-15(19)22-18(4,5)23-16(13)20/h7-10H,1-6H3. The van der Waals surface area contributed by atoms with Crippen LogP contribution < -0.4 is 4.74 Å². The van der Waals surface area contributed by atoms with Gasteiger partial charge in [-0.15, -0.1) is 0 Å². The van der Waals surface area contributed by atoms with E-state index in [2.05, 4.69) is 20.8 Å². The second-order valence-electron chi connectivity index (χ2n) is 6.94. The number of carbonyl (C=O) groups excluding carboxylic acids is 2. The minimum Gasteiger partial charge on any atom is -0.496 e. The van der Waals surface area contributed by atoms with Crippen LogP contribution in [0.2, 0.25) is 0 Å². The molecule has 2 rings (SSSR count). The number of ether oxygens (including phenoxy) is 3. The van der Waals surface area contributed by atoms with Crippen LogP contribution >= 0.6 is 0 Å². The van der Waals surface area contributed by atoms with Gasteiger partial charge in [-0.05, 0) is 23.1 Å². The number of carbonyl (C=O) groups is 2. The van der Waals surface area contributed by atoms with E-state index in [1.807, 2.05) is 18.2 Å². The maximum atomic E-state index is 12.0.